The molecule has 4 rings (SSSR count). The Bertz CT molecular complexity index is 1180. The summed E-state index contributed by atoms with van der Waals surface area (Å²) in [5.41, 5.74) is 7.16. The van der Waals surface area contributed by atoms with Gasteiger partial charge >= 0.3 is 0 Å². The van der Waals surface area contributed by atoms with Crippen LogP contribution < -0.4 is 16.6 Å². The van der Waals surface area contributed by atoms with Gasteiger partial charge < -0.3 is 11.1 Å². The van der Waals surface area contributed by atoms with Crippen LogP contribution in [0.25, 0.3) is 16.6 Å². The zero-order valence-electron chi connectivity index (χ0n) is 13.7. The number of rotatable bonds is 2. The standard InChI is InChI=1S/C18H13ClN4O3/c1-2-14(24)21-9-3-4-13-10(7-9)16(25)17-22-12-6-8(19)5-11(20)15(12)18(26)23(13)17/h3-7H,2,20H2,1H3,(H,21,24). The second-order valence-electron chi connectivity index (χ2n) is 5.93. The highest BCUT2D eigenvalue weighted by molar-refractivity contribution is 6.31. The average molecular weight is 369 g/mol. The summed E-state index contributed by atoms with van der Waals surface area (Å²) in [6.45, 7) is 1.73. The summed E-state index contributed by atoms with van der Waals surface area (Å²) in [4.78, 5) is 41.6. The summed E-state index contributed by atoms with van der Waals surface area (Å²) < 4.78 is 1.25. The number of nitrogen functional groups attached to an aromatic ring is 1. The SMILES string of the molecule is CCC(=O)Nc1ccc2c(c1)C(=O)c1nc3cc(Cl)cc(N)c3c(=O)n1-2. The van der Waals surface area contributed by atoms with Crippen LogP contribution in [0, 0.1) is 0 Å². The van der Waals surface area contributed by atoms with Crippen LogP contribution in [-0.2, 0) is 4.79 Å². The van der Waals surface area contributed by atoms with Crippen molar-refractivity contribution >= 4 is 45.6 Å². The third kappa shape index (κ3) is 2.28. The van der Waals surface area contributed by atoms with Gasteiger partial charge in [0.2, 0.25) is 11.7 Å². The molecule has 0 unspecified atom stereocenters. The Morgan fingerprint density at radius 1 is 1.27 bits per heavy atom. The zero-order valence-corrected chi connectivity index (χ0v) is 14.4. The number of hydrogen-bond acceptors (Lipinski definition) is 5. The molecule has 0 saturated carbocycles. The number of nitrogens with zero attached hydrogens (tertiary/aromatic N) is 2. The second kappa shape index (κ2) is 5.67. The average Bonchev–Trinajstić information content (AvgIpc) is 2.87. The van der Waals surface area contributed by atoms with Crippen LogP contribution in [0.2, 0.25) is 5.02 Å². The van der Waals surface area contributed by atoms with E-state index in [0.717, 1.165) is 0 Å². The molecule has 1 aliphatic rings. The normalized spacial score (nSPS) is 12.2. The largest absolute Gasteiger partial charge is 0.398 e. The molecule has 130 valence electrons. The third-order valence-electron chi connectivity index (χ3n) is 4.26. The molecule has 3 N–H and O–H groups in total. The predicted molar refractivity (Wildman–Crippen MR) is 99.1 cm³/mol. The minimum absolute atomic E-state index is 0.00173. The molecular formula is C18H13ClN4O3. The fourth-order valence-electron chi connectivity index (χ4n) is 3.04. The van der Waals surface area contributed by atoms with E-state index in [1.807, 2.05) is 0 Å². The van der Waals surface area contributed by atoms with E-state index in [4.69, 9.17) is 17.3 Å². The van der Waals surface area contributed by atoms with E-state index in [9.17, 15) is 14.4 Å². The van der Waals surface area contributed by atoms with Gasteiger partial charge in [0, 0.05) is 22.8 Å². The van der Waals surface area contributed by atoms with Crippen LogP contribution in [0.3, 0.4) is 0 Å². The summed E-state index contributed by atoms with van der Waals surface area (Å²) in [7, 11) is 0. The number of carbonyl (C=O) groups excluding carboxylic acids is 2. The number of hydrogen-bond donors (Lipinski definition) is 2. The Balaban J connectivity index is 1.96. The molecule has 7 nitrogen and oxygen atoms in total. The minimum atomic E-state index is -0.434. The van der Waals surface area contributed by atoms with Crippen molar-refractivity contribution in [3.05, 3.63) is 57.1 Å². The number of halogens is 1. The van der Waals surface area contributed by atoms with E-state index in [1.54, 1.807) is 25.1 Å². The molecule has 26 heavy (non-hydrogen) atoms. The molecule has 8 heteroatoms. The Morgan fingerprint density at radius 2 is 2.04 bits per heavy atom. The summed E-state index contributed by atoms with van der Waals surface area (Å²) in [6.07, 6.45) is 0.317. The summed E-state index contributed by atoms with van der Waals surface area (Å²) in [5, 5.41) is 3.24. The van der Waals surface area contributed by atoms with Gasteiger partial charge in [0.05, 0.1) is 22.2 Å². The lowest BCUT2D eigenvalue weighted by Crippen LogP contribution is -2.22. The highest BCUT2D eigenvalue weighted by Crippen LogP contribution is 2.30. The third-order valence-corrected chi connectivity index (χ3v) is 4.48. The topological polar surface area (TPSA) is 107 Å². The van der Waals surface area contributed by atoms with Gasteiger partial charge in [-0.3, -0.25) is 19.0 Å². The van der Waals surface area contributed by atoms with Crippen LogP contribution in [-0.4, -0.2) is 21.2 Å². The Hall–Kier alpha value is -3.19. The number of fused-ring (bicyclic) bond motifs is 4. The molecule has 0 radical (unpaired) electrons. The van der Waals surface area contributed by atoms with Crippen molar-refractivity contribution in [3.8, 4) is 5.69 Å². The lowest BCUT2D eigenvalue weighted by molar-refractivity contribution is -0.115. The van der Waals surface area contributed by atoms with E-state index in [2.05, 4.69) is 10.3 Å². The maximum absolute atomic E-state index is 12.9. The lowest BCUT2D eigenvalue weighted by Gasteiger charge is -2.08. The second-order valence-corrected chi connectivity index (χ2v) is 6.36. The first-order valence-corrected chi connectivity index (χ1v) is 8.29. The van der Waals surface area contributed by atoms with Crippen LogP contribution in [0.15, 0.2) is 35.1 Å². The molecule has 0 saturated heterocycles. The maximum Gasteiger partial charge on any atom is 0.268 e. The van der Waals surface area contributed by atoms with E-state index in [-0.39, 0.29) is 28.3 Å². The first-order valence-electron chi connectivity index (χ1n) is 7.91. The van der Waals surface area contributed by atoms with E-state index < -0.39 is 11.3 Å². The molecule has 1 aliphatic heterocycles. The fraction of sp³-hybridized carbons (Fsp3) is 0.111. The van der Waals surface area contributed by atoms with Gasteiger partial charge in [-0.25, -0.2) is 4.98 Å². The molecule has 1 amide bonds. The predicted octanol–water partition coefficient (Wildman–Crippen LogP) is 2.51. The van der Waals surface area contributed by atoms with E-state index in [1.165, 1.54) is 16.7 Å². The van der Waals surface area contributed by atoms with Gasteiger partial charge in [0.1, 0.15) is 0 Å². The van der Waals surface area contributed by atoms with Gasteiger partial charge in [0.25, 0.3) is 5.56 Å². The molecule has 0 bridgehead atoms. The van der Waals surface area contributed by atoms with Crippen LogP contribution in [0.1, 0.15) is 29.5 Å². The summed E-state index contributed by atoms with van der Waals surface area (Å²) in [6, 6.07) is 7.76. The highest BCUT2D eigenvalue weighted by Gasteiger charge is 2.31. The first kappa shape index (κ1) is 16.3. The number of amides is 1. The van der Waals surface area contributed by atoms with Crippen LogP contribution in [0.4, 0.5) is 11.4 Å². The van der Waals surface area contributed by atoms with Crippen molar-refractivity contribution in [2.24, 2.45) is 0 Å². The van der Waals surface area contributed by atoms with E-state index in [0.29, 0.717) is 28.4 Å². The molecule has 3 aromatic rings. The van der Waals surface area contributed by atoms with Crippen molar-refractivity contribution in [3.63, 3.8) is 0 Å². The van der Waals surface area contributed by atoms with Gasteiger partial charge in [-0.2, -0.15) is 0 Å². The van der Waals surface area contributed by atoms with Crippen molar-refractivity contribution in [1.29, 1.82) is 0 Å². The summed E-state index contributed by atoms with van der Waals surface area (Å²) in [5.74, 6) is -0.570. The molecular weight excluding hydrogens is 356 g/mol. The van der Waals surface area contributed by atoms with Crippen molar-refractivity contribution in [2.75, 3.05) is 11.1 Å². The minimum Gasteiger partial charge on any atom is -0.398 e. The fourth-order valence-corrected chi connectivity index (χ4v) is 3.26. The Morgan fingerprint density at radius 3 is 2.77 bits per heavy atom. The number of ketones is 1. The smallest absolute Gasteiger partial charge is 0.268 e. The van der Waals surface area contributed by atoms with E-state index >= 15 is 0 Å². The number of carbonyl (C=O) groups is 2. The van der Waals surface area contributed by atoms with Crippen molar-refractivity contribution in [2.45, 2.75) is 13.3 Å². The van der Waals surface area contributed by atoms with Crippen LogP contribution in [0.5, 0.6) is 0 Å². The number of anilines is 2. The first-order chi connectivity index (χ1) is 12.4. The summed E-state index contributed by atoms with van der Waals surface area (Å²) >= 11 is 5.98. The Labute approximate surface area is 152 Å². The highest BCUT2D eigenvalue weighted by atomic mass is 35.5. The van der Waals surface area contributed by atoms with Crippen LogP contribution >= 0.6 is 11.6 Å². The number of aromatic nitrogens is 2. The molecule has 1 aromatic heterocycles. The van der Waals surface area contributed by atoms with Gasteiger partial charge in [-0.05, 0) is 30.3 Å². The van der Waals surface area contributed by atoms with Crippen molar-refractivity contribution in [1.82, 2.24) is 9.55 Å². The Kier molecular flexibility index (Phi) is 3.55. The molecule has 0 spiro atoms. The quantitative estimate of drug-likeness (QED) is 0.529. The van der Waals surface area contributed by atoms with Crippen molar-refractivity contribution < 1.29 is 9.59 Å². The molecule has 0 atom stereocenters. The molecule has 0 fully saturated rings. The van der Waals surface area contributed by atoms with Gasteiger partial charge in [0.15, 0.2) is 5.82 Å². The van der Waals surface area contributed by atoms with Gasteiger partial charge in [-0.1, -0.05) is 18.5 Å². The maximum atomic E-state index is 12.9. The number of nitrogens with two attached hydrogens (primary N) is 1. The van der Waals surface area contributed by atoms with Gasteiger partial charge in [-0.15, -0.1) is 0 Å². The number of benzene rings is 2. The monoisotopic (exact) mass is 368 g/mol. The molecule has 0 aliphatic carbocycles. The zero-order chi connectivity index (χ0) is 18.6. The number of nitrogens with one attached hydrogen (secondary N) is 1. The molecule has 2 heterocycles. The molecule has 2 aromatic carbocycles. The lowest BCUT2D eigenvalue weighted by atomic mass is 10.1.